The van der Waals surface area contributed by atoms with Gasteiger partial charge >= 0.3 is 5.97 Å². The topological polar surface area (TPSA) is 125 Å². The number of rotatable bonds is 10. The molecule has 3 rings (SSSR count). The lowest BCUT2D eigenvalue weighted by Crippen LogP contribution is -2.17. The Hall–Kier alpha value is -4.47. The second-order valence-electron chi connectivity index (χ2n) is 7.91. The van der Waals surface area contributed by atoms with Crippen molar-refractivity contribution in [2.45, 2.75) is 34.1 Å². The van der Waals surface area contributed by atoms with Crippen molar-refractivity contribution in [3.05, 3.63) is 86.7 Å². The molecule has 0 aliphatic rings. The Labute approximate surface area is 208 Å². The fourth-order valence-corrected chi connectivity index (χ4v) is 3.65. The largest absolute Gasteiger partial charge is 0.494 e. The molecule has 10 heteroatoms. The fraction of sp³-hybridized carbons (Fsp3) is 0.269. The summed E-state index contributed by atoms with van der Waals surface area (Å²) >= 11 is 0. The molecular weight excluding hydrogens is 464 g/mol. The van der Waals surface area contributed by atoms with Gasteiger partial charge in [0.1, 0.15) is 11.3 Å². The molecule has 0 radical (unpaired) electrons. The van der Waals surface area contributed by atoms with Gasteiger partial charge in [-0.1, -0.05) is 6.92 Å². The Bertz CT molecular complexity index is 1290. The number of nitrogens with one attached hydrogen (secondary N) is 1. The van der Waals surface area contributed by atoms with Gasteiger partial charge in [0.25, 0.3) is 11.6 Å². The SMILES string of the molecule is CCCOc1ccc(C(=O)N/N=C/c2cc(C)n(-c3ccc(C(=O)OCC)c([N+](=O)[O-])c3)c2C)cc1. The molecule has 0 saturated carbocycles. The van der Waals surface area contributed by atoms with E-state index in [4.69, 9.17) is 9.47 Å². The number of carbonyl (C=O) groups excluding carboxylic acids is 2. The van der Waals surface area contributed by atoms with Crippen LogP contribution in [-0.2, 0) is 4.74 Å². The maximum absolute atomic E-state index is 12.4. The molecule has 36 heavy (non-hydrogen) atoms. The lowest BCUT2D eigenvalue weighted by molar-refractivity contribution is -0.385. The van der Waals surface area contributed by atoms with E-state index in [1.807, 2.05) is 26.8 Å². The molecule has 188 valence electrons. The third kappa shape index (κ3) is 5.96. The molecule has 0 fully saturated rings. The van der Waals surface area contributed by atoms with E-state index in [1.54, 1.807) is 41.8 Å². The maximum atomic E-state index is 12.4. The van der Waals surface area contributed by atoms with Gasteiger partial charge < -0.3 is 14.0 Å². The van der Waals surface area contributed by atoms with E-state index in [0.29, 0.717) is 29.2 Å². The highest BCUT2D eigenvalue weighted by molar-refractivity contribution is 5.95. The zero-order chi connectivity index (χ0) is 26.2. The van der Waals surface area contributed by atoms with Crippen LogP contribution in [0.25, 0.3) is 5.69 Å². The molecule has 0 atom stereocenters. The Morgan fingerprint density at radius 2 is 1.83 bits per heavy atom. The third-order valence-corrected chi connectivity index (χ3v) is 5.36. The predicted molar refractivity (Wildman–Crippen MR) is 135 cm³/mol. The Morgan fingerprint density at radius 3 is 2.47 bits per heavy atom. The first kappa shape index (κ1) is 26.1. The molecule has 1 amide bonds. The average molecular weight is 493 g/mol. The van der Waals surface area contributed by atoms with Gasteiger partial charge in [0, 0.05) is 28.6 Å². The van der Waals surface area contributed by atoms with Gasteiger partial charge in [0.05, 0.1) is 30.0 Å². The summed E-state index contributed by atoms with van der Waals surface area (Å²) < 4.78 is 12.2. The van der Waals surface area contributed by atoms with Gasteiger partial charge in [-0.15, -0.1) is 0 Å². The lowest BCUT2D eigenvalue weighted by Gasteiger charge is -2.11. The monoisotopic (exact) mass is 492 g/mol. The number of hydrazone groups is 1. The van der Waals surface area contributed by atoms with Crippen LogP contribution in [0.5, 0.6) is 5.75 Å². The fourth-order valence-electron chi connectivity index (χ4n) is 3.65. The highest BCUT2D eigenvalue weighted by Crippen LogP contribution is 2.27. The van der Waals surface area contributed by atoms with Crippen LogP contribution >= 0.6 is 0 Å². The van der Waals surface area contributed by atoms with Crippen LogP contribution in [-0.4, -0.2) is 40.8 Å². The number of aryl methyl sites for hydroxylation is 1. The van der Waals surface area contributed by atoms with E-state index in [0.717, 1.165) is 17.8 Å². The molecule has 0 saturated heterocycles. The zero-order valence-electron chi connectivity index (χ0n) is 20.6. The zero-order valence-corrected chi connectivity index (χ0v) is 20.6. The average Bonchev–Trinajstić information content (AvgIpc) is 3.15. The second-order valence-corrected chi connectivity index (χ2v) is 7.91. The molecule has 10 nitrogen and oxygen atoms in total. The molecule has 1 aromatic heterocycles. The number of nitro groups is 1. The van der Waals surface area contributed by atoms with Crippen LogP contribution in [0.3, 0.4) is 0 Å². The molecule has 0 aliphatic heterocycles. The Kier molecular flexibility index (Phi) is 8.56. The molecule has 0 unspecified atom stereocenters. The summed E-state index contributed by atoms with van der Waals surface area (Å²) in [6.07, 6.45) is 2.41. The van der Waals surface area contributed by atoms with Crippen molar-refractivity contribution in [1.82, 2.24) is 9.99 Å². The van der Waals surface area contributed by atoms with E-state index in [1.165, 1.54) is 18.3 Å². The molecule has 0 spiro atoms. The second kappa shape index (κ2) is 11.8. The standard InChI is InChI=1S/C26H28N4O6/c1-5-13-36-22-10-7-19(8-11-22)25(31)28-27-16-20-14-17(3)29(18(20)4)21-9-12-23(26(32)35-6-2)24(15-21)30(33)34/h7-12,14-16H,5-6,13H2,1-4H3,(H,28,31)/b27-16+. The number of hydrogen-bond acceptors (Lipinski definition) is 7. The van der Waals surface area contributed by atoms with Gasteiger partial charge in [0.15, 0.2) is 0 Å². The molecule has 1 N–H and O–H groups in total. The summed E-state index contributed by atoms with van der Waals surface area (Å²) in [5, 5.41) is 15.7. The van der Waals surface area contributed by atoms with Gasteiger partial charge in [-0.3, -0.25) is 14.9 Å². The molecule has 1 heterocycles. The summed E-state index contributed by atoms with van der Waals surface area (Å²) in [5.41, 5.74) is 5.26. The van der Waals surface area contributed by atoms with Crippen molar-refractivity contribution >= 4 is 23.8 Å². The van der Waals surface area contributed by atoms with Crippen LogP contribution in [0, 0.1) is 24.0 Å². The van der Waals surface area contributed by atoms with Crippen molar-refractivity contribution in [2.24, 2.45) is 5.10 Å². The van der Waals surface area contributed by atoms with Gasteiger partial charge in [0.2, 0.25) is 0 Å². The predicted octanol–water partition coefficient (Wildman–Crippen LogP) is 4.73. The summed E-state index contributed by atoms with van der Waals surface area (Å²) in [6, 6.07) is 13.0. The number of esters is 1. The van der Waals surface area contributed by atoms with Crippen molar-refractivity contribution in [1.29, 1.82) is 0 Å². The summed E-state index contributed by atoms with van der Waals surface area (Å²) in [5.74, 6) is -0.421. The summed E-state index contributed by atoms with van der Waals surface area (Å²) in [4.78, 5) is 35.5. The van der Waals surface area contributed by atoms with Crippen LogP contribution < -0.4 is 10.2 Å². The Balaban J connectivity index is 1.79. The number of ether oxygens (including phenoxy) is 2. The maximum Gasteiger partial charge on any atom is 0.345 e. The smallest absolute Gasteiger partial charge is 0.345 e. The number of amides is 1. The van der Waals surface area contributed by atoms with E-state index in [-0.39, 0.29) is 23.8 Å². The number of aromatic nitrogens is 1. The molecule has 3 aromatic rings. The van der Waals surface area contributed by atoms with Crippen molar-refractivity contribution in [2.75, 3.05) is 13.2 Å². The minimum absolute atomic E-state index is 0.109. The van der Waals surface area contributed by atoms with E-state index < -0.39 is 10.9 Å². The van der Waals surface area contributed by atoms with E-state index >= 15 is 0 Å². The quantitative estimate of drug-likeness (QED) is 0.189. The number of benzene rings is 2. The summed E-state index contributed by atoms with van der Waals surface area (Å²) in [7, 11) is 0. The first-order valence-corrected chi connectivity index (χ1v) is 11.5. The van der Waals surface area contributed by atoms with E-state index in [2.05, 4.69) is 10.5 Å². The highest BCUT2D eigenvalue weighted by atomic mass is 16.6. The lowest BCUT2D eigenvalue weighted by atomic mass is 10.1. The first-order chi connectivity index (χ1) is 17.3. The number of hydrogen-bond donors (Lipinski definition) is 1. The van der Waals surface area contributed by atoms with Crippen LogP contribution in [0.1, 0.15) is 57.9 Å². The van der Waals surface area contributed by atoms with Crippen LogP contribution in [0.4, 0.5) is 5.69 Å². The normalized spacial score (nSPS) is 10.9. The van der Waals surface area contributed by atoms with E-state index in [9.17, 15) is 19.7 Å². The van der Waals surface area contributed by atoms with Gasteiger partial charge in [-0.2, -0.15) is 5.10 Å². The Morgan fingerprint density at radius 1 is 1.11 bits per heavy atom. The summed E-state index contributed by atoms with van der Waals surface area (Å²) in [6.45, 7) is 8.05. The molecule has 0 bridgehead atoms. The van der Waals surface area contributed by atoms with Crippen molar-refractivity contribution in [3.63, 3.8) is 0 Å². The number of carbonyl (C=O) groups is 2. The third-order valence-electron chi connectivity index (χ3n) is 5.36. The van der Waals surface area contributed by atoms with Crippen LogP contribution in [0.15, 0.2) is 53.6 Å². The minimum Gasteiger partial charge on any atom is -0.494 e. The molecule has 0 aliphatic carbocycles. The van der Waals surface area contributed by atoms with Crippen molar-refractivity contribution in [3.8, 4) is 11.4 Å². The van der Waals surface area contributed by atoms with Crippen LogP contribution in [0.2, 0.25) is 0 Å². The molecule has 2 aromatic carbocycles. The first-order valence-electron chi connectivity index (χ1n) is 11.5. The number of nitrogens with zero attached hydrogens (tertiary/aromatic N) is 3. The molecular formula is C26H28N4O6. The minimum atomic E-state index is -0.747. The number of nitro benzene ring substituents is 1. The highest BCUT2D eigenvalue weighted by Gasteiger charge is 2.23. The van der Waals surface area contributed by atoms with Crippen molar-refractivity contribution < 1.29 is 24.0 Å². The van der Waals surface area contributed by atoms with Gasteiger partial charge in [-0.05, 0) is 69.7 Å². The van der Waals surface area contributed by atoms with Gasteiger partial charge in [-0.25, -0.2) is 10.2 Å².